The number of nitriles is 1. The Labute approximate surface area is 208 Å². The number of carbonyl (C=O) groups is 3. The largest absolute Gasteiger partial charge is 0.376 e. The highest BCUT2D eigenvalue weighted by Crippen LogP contribution is 2.35. The van der Waals surface area contributed by atoms with Crippen LogP contribution in [0.1, 0.15) is 55.0 Å². The molecule has 1 aliphatic carbocycles. The zero-order valence-electron chi connectivity index (χ0n) is 20.1. The summed E-state index contributed by atoms with van der Waals surface area (Å²) in [5, 5.41) is 15.3. The van der Waals surface area contributed by atoms with Gasteiger partial charge in [-0.25, -0.2) is 9.18 Å². The Morgan fingerprint density at radius 3 is 2.78 bits per heavy atom. The SMILES string of the molecule is CC1(c2ccccc2F)NC(=O)N(CC(=O)Nc2c(C#N)c3c(n2CC2CCCO2)CCCC3)C1=O. The van der Waals surface area contributed by atoms with Gasteiger partial charge in [-0.2, -0.15) is 5.26 Å². The number of carbonyl (C=O) groups excluding carboxylic acids is 3. The van der Waals surface area contributed by atoms with E-state index in [1.54, 1.807) is 6.07 Å². The van der Waals surface area contributed by atoms with Crippen LogP contribution in [-0.2, 0) is 39.3 Å². The van der Waals surface area contributed by atoms with Gasteiger partial charge in [-0.05, 0) is 57.1 Å². The molecular formula is C26H28FN5O4. The van der Waals surface area contributed by atoms with E-state index in [9.17, 15) is 24.0 Å². The molecule has 10 heteroatoms. The number of hydrogen-bond acceptors (Lipinski definition) is 5. The Morgan fingerprint density at radius 1 is 1.28 bits per heavy atom. The maximum absolute atomic E-state index is 14.4. The van der Waals surface area contributed by atoms with E-state index in [-0.39, 0.29) is 11.7 Å². The molecule has 2 atom stereocenters. The number of benzene rings is 1. The van der Waals surface area contributed by atoms with Gasteiger partial charge in [0.05, 0.1) is 18.2 Å². The van der Waals surface area contributed by atoms with Crippen LogP contribution in [-0.4, -0.2) is 46.6 Å². The van der Waals surface area contributed by atoms with Crippen molar-refractivity contribution in [3.05, 3.63) is 52.5 Å². The smallest absolute Gasteiger partial charge is 0.325 e. The monoisotopic (exact) mass is 493 g/mol. The lowest BCUT2D eigenvalue weighted by atomic mass is 9.91. The first-order valence-corrected chi connectivity index (χ1v) is 12.3. The topological polar surface area (TPSA) is 116 Å². The molecule has 3 heterocycles. The van der Waals surface area contributed by atoms with Crippen LogP contribution in [0.3, 0.4) is 0 Å². The van der Waals surface area contributed by atoms with Crippen molar-refractivity contribution in [2.45, 2.75) is 63.6 Å². The normalized spacial score (nSPS) is 23.4. The molecule has 188 valence electrons. The van der Waals surface area contributed by atoms with Gasteiger partial charge in [0.15, 0.2) is 0 Å². The Balaban J connectivity index is 1.40. The van der Waals surface area contributed by atoms with Crippen LogP contribution < -0.4 is 10.6 Å². The molecule has 0 saturated carbocycles. The molecule has 3 aliphatic rings. The highest BCUT2D eigenvalue weighted by molar-refractivity contribution is 6.10. The van der Waals surface area contributed by atoms with Crippen molar-refractivity contribution in [3.63, 3.8) is 0 Å². The maximum Gasteiger partial charge on any atom is 0.325 e. The molecule has 0 spiro atoms. The summed E-state index contributed by atoms with van der Waals surface area (Å²) in [6, 6.07) is 7.18. The first-order valence-electron chi connectivity index (χ1n) is 12.3. The molecular weight excluding hydrogens is 465 g/mol. The molecule has 2 fully saturated rings. The molecule has 2 saturated heterocycles. The van der Waals surface area contributed by atoms with E-state index in [4.69, 9.17) is 4.74 Å². The van der Waals surface area contributed by atoms with E-state index in [2.05, 4.69) is 16.7 Å². The molecule has 36 heavy (non-hydrogen) atoms. The number of fused-ring (bicyclic) bond motifs is 1. The summed E-state index contributed by atoms with van der Waals surface area (Å²) >= 11 is 0. The van der Waals surface area contributed by atoms with Gasteiger partial charge in [-0.15, -0.1) is 0 Å². The lowest BCUT2D eigenvalue weighted by Gasteiger charge is -2.22. The summed E-state index contributed by atoms with van der Waals surface area (Å²) < 4.78 is 22.2. The Bertz CT molecular complexity index is 1280. The van der Waals surface area contributed by atoms with Gasteiger partial charge < -0.3 is 19.9 Å². The molecule has 0 radical (unpaired) electrons. The third-order valence-electron chi connectivity index (χ3n) is 7.34. The fourth-order valence-corrected chi connectivity index (χ4v) is 5.52. The summed E-state index contributed by atoms with van der Waals surface area (Å²) in [5.74, 6) is -1.58. The zero-order valence-corrected chi connectivity index (χ0v) is 20.1. The quantitative estimate of drug-likeness (QED) is 0.600. The van der Waals surface area contributed by atoms with Crippen molar-refractivity contribution in [1.29, 1.82) is 5.26 Å². The highest BCUT2D eigenvalue weighted by atomic mass is 19.1. The molecule has 5 rings (SSSR count). The standard InChI is InChI=1S/C26H28FN5O4/c1-26(19-9-3-4-10-20(19)27)24(34)32(25(35)30-26)15-22(33)29-23-18(13-28)17-8-2-5-11-21(17)31(23)14-16-7-6-12-36-16/h3-4,9-10,16H,2,5-8,11-12,14-15H2,1H3,(H,29,33)(H,30,35). The van der Waals surface area contributed by atoms with Crippen LogP contribution in [0, 0.1) is 17.1 Å². The summed E-state index contributed by atoms with van der Waals surface area (Å²) in [4.78, 5) is 39.8. The van der Waals surface area contributed by atoms with E-state index < -0.39 is 35.7 Å². The number of nitrogens with zero attached hydrogens (tertiary/aromatic N) is 3. The lowest BCUT2D eigenvalue weighted by Crippen LogP contribution is -2.42. The first kappa shape index (κ1) is 24.0. The number of hydrogen-bond donors (Lipinski definition) is 2. The third kappa shape index (κ3) is 4.03. The average molecular weight is 494 g/mol. The van der Waals surface area contributed by atoms with Gasteiger partial charge in [-0.3, -0.25) is 14.5 Å². The number of amides is 4. The van der Waals surface area contributed by atoms with E-state index in [0.29, 0.717) is 24.5 Å². The van der Waals surface area contributed by atoms with Gasteiger partial charge in [0.25, 0.3) is 5.91 Å². The third-order valence-corrected chi connectivity index (χ3v) is 7.34. The minimum Gasteiger partial charge on any atom is -0.376 e. The molecule has 1 aromatic heterocycles. The minimum absolute atomic E-state index is 0.00182. The van der Waals surface area contributed by atoms with Crippen molar-refractivity contribution in [2.24, 2.45) is 0 Å². The summed E-state index contributed by atoms with van der Waals surface area (Å²) in [5.41, 5.74) is 0.796. The van der Waals surface area contributed by atoms with Crippen molar-refractivity contribution >= 4 is 23.7 Å². The predicted octanol–water partition coefficient (Wildman–Crippen LogP) is 2.96. The molecule has 2 N–H and O–H groups in total. The van der Waals surface area contributed by atoms with Crippen molar-refractivity contribution in [2.75, 3.05) is 18.5 Å². The van der Waals surface area contributed by atoms with E-state index in [1.165, 1.54) is 25.1 Å². The number of urea groups is 1. The second kappa shape index (κ2) is 9.39. The number of anilines is 1. The van der Waals surface area contributed by atoms with Gasteiger partial charge >= 0.3 is 6.03 Å². The fourth-order valence-electron chi connectivity index (χ4n) is 5.52. The van der Waals surface area contributed by atoms with Gasteiger partial charge in [0.1, 0.15) is 29.8 Å². The van der Waals surface area contributed by atoms with Gasteiger partial charge in [0.2, 0.25) is 5.91 Å². The van der Waals surface area contributed by atoms with Crippen LogP contribution in [0.2, 0.25) is 0 Å². The number of imide groups is 1. The van der Waals surface area contributed by atoms with Crippen molar-refractivity contribution in [1.82, 2.24) is 14.8 Å². The molecule has 2 unspecified atom stereocenters. The van der Waals surface area contributed by atoms with Gasteiger partial charge in [0, 0.05) is 17.9 Å². The maximum atomic E-state index is 14.4. The number of halogens is 1. The second-order valence-electron chi connectivity index (χ2n) is 9.69. The van der Waals surface area contributed by atoms with Crippen molar-refractivity contribution < 1.29 is 23.5 Å². The van der Waals surface area contributed by atoms with Crippen LogP contribution in [0.15, 0.2) is 24.3 Å². The molecule has 4 amide bonds. The number of rotatable bonds is 6. The molecule has 2 aliphatic heterocycles. The summed E-state index contributed by atoms with van der Waals surface area (Å²) in [7, 11) is 0. The van der Waals surface area contributed by atoms with E-state index in [0.717, 1.165) is 54.7 Å². The minimum atomic E-state index is -1.63. The summed E-state index contributed by atoms with van der Waals surface area (Å²) in [6.45, 7) is 2.06. The van der Waals surface area contributed by atoms with E-state index >= 15 is 0 Å². The zero-order chi connectivity index (χ0) is 25.4. The molecule has 9 nitrogen and oxygen atoms in total. The van der Waals surface area contributed by atoms with Crippen LogP contribution in [0.4, 0.5) is 15.0 Å². The fraction of sp³-hybridized carbons (Fsp3) is 0.462. The highest BCUT2D eigenvalue weighted by Gasteiger charge is 2.50. The Kier molecular flexibility index (Phi) is 6.26. The van der Waals surface area contributed by atoms with Crippen LogP contribution in [0.25, 0.3) is 0 Å². The first-order chi connectivity index (χ1) is 17.3. The van der Waals surface area contributed by atoms with E-state index in [1.807, 2.05) is 4.57 Å². The Hall–Kier alpha value is -3.71. The second-order valence-corrected chi connectivity index (χ2v) is 9.69. The predicted molar refractivity (Wildman–Crippen MR) is 127 cm³/mol. The Morgan fingerprint density at radius 2 is 2.06 bits per heavy atom. The number of nitrogens with one attached hydrogen (secondary N) is 2. The number of aromatic nitrogens is 1. The summed E-state index contributed by atoms with van der Waals surface area (Å²) in [6.07, 6.45) is 5.40. The van der Waals surface area contributed by atoms with Crippen molar-refractivity contribution in [3.8, 4) is 6.07 Å². The molecule has 1 aromatic carbocycles. The number of ether oxygens (including phenoxy) is 1. The average Bonchev–Trinajstić information content (AvgIpc) is 3.53. The van der Waals surface area contributed by atoms with Gasteiger partial charge in [-0.1, -0.05) is 18.2 Å². The van der Waals surface area contributed by atoms with Crippen LogP contribution >= 0.6 is 0 Å². The molecule has 0 bridgehead atoms. The van der Waals surface area contributed by atoms with Crippen LogP contribution in [0.5, 0.6) is 0 Å². The molecule has 2 aromatic rings. The lowest BCUT2D eigenvalue weighted by molar-refractivity contribution is -0.133.